The Morgan fingerprint density at radius 3 is 1.46 bits per heavy atom. The van der Waals surface area contributed by atoms with Gasteiger partial charge in [0.15, 0.2) is 6.04 Å². The molecule has 0 aliphatic rings. The molecule has 0 saturated heterocycles. The van der Waals surface area contributed by atoms with Crippen molar-refractivity contribution >= 4 is 25.7 Å². The fourth-order valence-corrected chi connectivity index (χ4v) is 6.55. The molecule has 52 heavy (non-hydrogen) atoms. The van der Waals surface area contributed by atoms with Gasteiger partial charge in [0.25, 0.3) is 0 Å². The van der Waals surface area contributed by atoms with Crippen LogP contribution in [0.15, 0.2) is 12.2 Å². The third kappa shape index (κ3) is 35.3. The summed E-state index contributed by atoms with van der Waals surface area (Å²) < 4.78 is 26.8. The molecule has 0 heterocycles. The standard InChI is InChI=1S/C40H76NO10P/c1-3-5-7-9-11-13-15-17-18-20-21-23-25-27-29-31-38(43)41-37(40(45)46)35-51-52(47,48)50-34-36(42)33-49-39(44)32-30-28-26-24-22-19-16-14-12-10-8-6-4-2/h17-18,36-37,42H,3-16,19-35H2,1-2H3,(H,41,43)(H,45,46)(H,47,48)/b18-17-. The zero-order chi connectivity index (χ0) is 38.5. The number of allylic oxidation sites excluding steroid dienone is 2. The summed E-state index contributed by atoms with van der Waals surface area (Å²) in [5.41, 5.74) is 0. The number of rotatable bonds is 39. The number of phosphoric ester groups is 1. The minimum atomic E-state index is -4.75. The van der Waals surface area contributed by atoms with Crippen LogP contribution < -0.4 is 5.32 Å². The van der Waals surface area contributed by atoms with Crippen molar-refractivity contribution in [1.29, 1.82) is 0 Å². The van der Waals surface area contributed by atoms with Crippen molar-refractivity contribution in [3.05, 3.63) is 12.2 Å². The Morgan fingerprint density at radius 2 is 1.00 bits per heavy atom. The van der Waals surface area contributed by atoms with Gasteiger partial charge in [-0.1, -0.05) is 154 Å². The van der Waals surface area contributed by atoms with Crippen molar-refractivity contribution in [2.75, 3.05) is 19.8 Å². The van der Waals surface area contributed by atoms with Gasteiger partial charge in [0.1, 0.15) is 12.7 Å². The quantitative estimate of drug-likeness (QED) is 0.0205. The lowest BCUT2D eigenvalue weighted by atomic mass is 10.0. The molecule has 0 aromatic heterocycles. The number of hydrogen-bond donors (Lipinski definition) is 4. The Hall–Kier alpha value is -1.78. The third-order valence-electron chi connectivity index (χ3n) is 9.05. The van der Waals surface area contributed by atoms with Crippen molar-refractivity contribution in [2.24, 2.45) is 0 Å². The number of unbranched alkanes of at least 4 members (excludes halogenated alkanes) is 23. The van der Waals surface area contributed by atoms with Crippen LogP contribution in [0.25, 0.3) is 0 Å². The molecular weight excluding hydrogens is 685 g/mol. The minimum absolute atomic E-state index is 0.138. The lowest BCUT2D eigenvalue weighted by Crippen LogP contribution is -2.43. The fraction of sp³-hybridized carbons (Fsp3) is 0.875. The van der Waals surface area contributed by atoms with E-state index in [1.807, 2.05) is 0 Å². The van der Waals surface area contributed by atoms with Gasteiger partial charge in [0, 0.05) is 12.8 Å². The zero-order valence-corrected chi connectivity index (χ0v) is 33.8. The summed E-state index contributed by atoms with van der Waals surface area (Å²) in [7, 11) is -4.75. The Bertz CT molecular complexity index is 947. The monoisotopic (exact) mass is 762 g/mol. The van der Waals surface area contributed by atoms with Crippen LogP contribution in [0.5, 0.6) is 0 Å². The molecule has 3 atom stereocenters. The number of carboxylic acid groups (broad SMARTS) is 1. The predicted octanol–water partition coefficient (Wildman–Crippen LogP) is 10.1. The average Bonchev–Trinajstić information content (AvgIpc) is 3.11. The van der Waals surface area contributed by atoms with Gasteiger partial charge >= 0.3 is 19.8 Å². The number of phosphoric acid groups is 1. The second-order valence-electron chi connectivity index (χ2n) is 14.2. The Labute approximate surface area is 316 Å². The topological polar surface area (TPSA) is 169 Å². The number of carboxylic acids is 1. The van der Waals surface area contributed by atoms with Crippen molar-refractivity contribution < 1.29 is 47.8 Å². The van der Waals surface area contributed by atoms with Crippen LogP contribution in [-0.2, 0) is 32.7 Å². The second-order valence-corrected chi connectivity index (χ2v) is 15.6. The van der Waals surface area contributed by atoms with Gasteiger partial charge in [-0.2, -0.15) is 0 Å². The van der Waals surface area contributed by atoms with E-state index in [2.05, 4.69) is 31.3 Å². The number of carbonyl (C=O) groups is 3. The average molecular weight is 762 g/mol. The first kappa shape index (κ1) is 50.2. The fourth-order valence-electron chi connectivity index (χ4n) is 5.78. The summed E-state index contributed by atoms with van der Waals surface area (Å²) in [4.78, 5) is 45.8. The molecule has 0 rings (SSSR count). The molecule has 0 radical (unpaired) electrons. The maximum absolute atomic E-state index is 12.3. The lowest BCUT2D eigenvalue weighted by Gasteiger charge is -2.18. The van der Waals surface area contributed by atoms with Crippen LogP contribution in [0, 0.1) is 0 Å². The van der Waals surface area contributed by atoms with Gasteiger partial charge < -0.3 is 25.2 Å². The molecule has 0 aliphatic heterocycles. The number of nitrogens with one attached hydrogen (secondary N) is 1. The molecule has 0 aromatic carbocycles. The van der Waals surface area contributed by atoms with Gasteiger partial charge in [0.2, 0.25) is 5.91 Å². The van der Waals surface area contributed by atoms with E-state index in [4.69, 9.17) is 13.8 Å². The van der Waals surface area contributed by atoms with Gasteiger partial charge in [-0.05, 0) is 38.5 Å². The number of esters is 1. The molecular formula is C40H76NO10P. The Morgan fingerprint density at radius 1 is 0.596 bits per heavy atom. The first-order chi connectivity index (χ1) is 25.1. The number of aliphatic hydroxyl groups is 1. The molecule has 1 amide bonds. The van der Waals surface area contributed by atoms with E-state index in [-0.39, 0.29) is 12.8 Å². The predicted molar refractivity (Wildman–Crippen MR) is 208 cm³/mol. The van der Waals surface area contributed by atoms with Crippen LogP contribution in [0.2, 0.25) is 0 Å². The number of aliphatic carboxylic acids is 1. The summed E-state index contributed by atoms with van der Waals surface area (Å²) in [6, 6.07) is -1.55. The second kappa shape index (κ2) is 36.2. The van der Waals surface area contributed by atoms with E-state index in [1.165, 1.54) is 96.3 Å². The number of aliphatic hydroxyl groups excluding tert-OH is 1. The molecule has 0 aromatic rings. The molecule has 0 saturated carbocycles. The first-order valence-corrected chi connectivity index (χ1v) is 22.2. The number of carbonyl (C=O) groups excluding carboxylic acids is 2. The summed E-state index contributed by atoms with van der Waals surface area (Å²) in [5, 5.41) is 21.8. The summed E-state index contributed by atoms with van der Waals surface area (Å²) in [5.74, 6) is -2.38. The molecule has 0 fully saturated rings. The SMILES string of the molecule is CCCCCCCC/C=C\CCCCCCCC(=O)NC(COP(=O)(O)OCC(O)COC(=O)CCCCCCCCCCCCCCC)C(=O)O. The van der Waals surface area contributed by atoms with E-state index in [1.54, 1.807) is 0 Å². The first-order valence-electron chi connectivity index (χ1n) is 20.7. The Balaban J connectivity index is 3.93. The highest BCUT2D eigenvalue weighted by Crippen LogP contribution is 2.43. The third-order valence-corrected chi connectivity index (χ3v) is 10.0. The van der Waals surface area contributed by atoms with Crippen molar-refractivity contribution in [3.63, 3.8) is 0 Å². The molecule has 12 heteroatoms. The van der Waals surface area contributed by atoms with E-state index >= 15 is 0 Å². The number of ether oxygens (including phenoxy) is 1. The van der Waals surface area contributed by atoms with E-state index in [0.717, 1.165) is 57.8 Å². The minimum Gasteiger partial charge on any atom is -0.480 e. The van der Waals surface area contributed by atoms with Gasteiger partial charge in [-0.3, -0.25) is 18.6 Å². The number of hydrogen-bond acceptors (Lipinski definition) is 8. The number of amides is 1. The maximum Gasteiger partial charge on any atom is 0.472 e. The largest absolute Gasteiger partial charge is 0.480 e. The van der Waals surface area contributed by atoms with Crippen molar-refractivity contribution in [2.45, 2.75) is 206 Å². The van der Waals surface area contributed by atoms with E-state index in [9.17, 15) is 34.1 Å². The van der Waals surface area contributed by atoms with Crippen LogP contribution in [0.1, 0.15) is 194 Å². The van der Waals surface area contributed by atoms with Crippen LogP contribution in [-0.4, -0.2) is 64.9 Å². The molecule has 0 bridgehead atoms. The lowest BCUT2D eigenvalue weighted by molar-refractivity contribution is -0.147. The summed E-state index contributed by atoms with van der Waals surface area (Å²) >= 11 is 0. The van der Waals surface area contributed by atoms with Gasteiger partial charge in [0.05, 0.1) is 13.2 Å². The van der Waals surface area contributed by atoms with Crippen molar-refractivity contribution in [1.82, 2.24) is 5.32 Å². The van der Waals surface area contributed by atoms with Crippen molar-refractivity contribution in [3.8, 4) is 0 Å². The zero-order valence-electron chi connectivity index (χ0n) is 32.9. The molecule has 306 valence electrons. The van der Waals surface area contributed by atoms with Crippen LogP contribution >= 0.6 is 7.82 Å². The highest BCUT2D eigenvalue weighted by molar-refractivity contribution is 7.47. The summed E-state index contributed by atoms with van der Waals surface area (Å²) in [6.45, 7) is 2.58. The van der Waals surface area contributed by atoms with Gasteiger partial charge in [-0.15, -0.1) is 0 Å². The van der Waals surface area contributed by atoms with Gasteiger partial charge in [-0.25, -0.2) is 9.36 Å². The normalized spacial score (nSPS) is 13.9. The van der Waals surface area contributed by atoms with E-state index in [0.29, 0.717) is 12.8 Å². The molecule has 0 aliphatic carbocycles. The maximum atomic E-state index is 12.3. The summed E-state index contributed by atoms with van der Waals surface area (Å²) in [6.07, 6.45) is 33.8. The van der Waals surface area contributed by atoms with E-state index < -0.39 is 57.6 Å². The Kier molecular flexibility index (Phi) is 35.0. The van der Waals surface area contributed by atoms with Crippen LogP contribution in [0.4, 0.5) is 0 Å². The van der Waals surface area contributed by atoms with Crippen LogP contribution in [0.3, 0.4) is 0 Å². The molecule has 4 N–H and O–H groups in total. The molecule has 11 nitrogen and oxygen atoms in total. The molecule has 3 unspecified atom stereocenters. The highest BCUT2D eigenvalue weighted by atomic mass is 31.2. The molecule has 0 spiro atoms. The smallest absolute Gasteiger partial charge is 0.472 e. The highest BCUT2D eigenvalue weighted by Gasteiger charge is 2.28.